The predicted molar refractivity (Wildman–Crippen MR) is 62.3 cm³/mol. The number of benzene rings is 1. The molecule has 0 bridgehead atoms. The zero-order valence-corrected chi connectivity index (χ0v) is 12.7. The molecule has 0 amide bonds. The Kier molecular flexibility index (Phi) is 5.21. The van der Waals surface area contributed by atoms with Gasteiger partial charge in [-0.1, -0.05) is 0 Å². The fourth-order valence-corrected chi connectivity index (χ4v) is 2.65. The Bertz CT molecular complexity index is 908. The lowest BCUT2D eigenvalue weighted by atomic mass is 9.66. The molecular weight excluding hydrogens is 453 g/mol. The molecule has 29 heavy (non-hydrogen) atoms. The first-order chi connectivity index (χ1) is 13.0. The maximum atomic E-state index is 14.2. The molecule has 1 aliphatic carbocycles. The molecule has 0 nitrogen and oxygen atoms in total. The third kappa shape index (κ3) is 2.64. The summed E-state index contributed by atoms with van der Waals surface area (Å²) in [5.41, 5.74) is -9.81. The van der Waals surface area contributed by atoms with Crippen LogP contribution in [0.2, 0.25) is 0 Å². The molecule has 1 aliphatic rings. The van der Waals surface area contributed by atoms with Crippen LogP contribution in [0.15, 0.2) is 23.3 Å². The lowest BCUT2D eigenvalue weighted by molar-refractivity contribution is -0.314. The molecule has 0 aromatic heterocycles. The highest BCUT2D eigenvalue weighted by Crippen LogP contribution is 2.62. The number of hydrogen-bond donors (Lipinski definition) is 0. The molecule has 0 fully saturated rings. The van der Waals surface area contributed by atoms with Crippen LogP contribution in [0.5, 0.6) is 0 Å². The van der Waals surface area contributed by atoms with Gasteiger partial charge in [-0.3, -0.25) is 0 Å². The van der Waals surface area contributed by atoms with Gasteiger partial charge in [-0.25, -0.2) is 43.9 Å². The van der Waals surface area contributed by atoms with Gasteiger partial charge in [-0.15, -0.1) is 0 Å². The maximum Gasteiger partial charge on any atom is 0.454 e. The van der Waals surface area contributed by atoms with Crippen LogP contribution >= 0.6 is 0 Å². The molecule has 1 aromatic rings. The quantitative estimate of drug-likeness (QED) is 0.273. The van der Waals surface area contributed by atoms with Gasteiger partial charge in [0.25, 0.3) is 0 Å². The van der Waals surface area contributed by atoms with Gasteiger partial charge in [-0.05, 0) is 0 Å². The van der Waals surface area contributed by atoms with E-state index in [9.17, 15) is 65.9 Å². The van der Waals surface area contributed by atoms with Gasteiger partial charge in [0.1, 0.15) is 0 Å². The third-order valence-electron chi connectivity index (χ3n) is 4.00. The molecule has 0 saturated carbocycles. The average Bonchev–Trinajstić information content (AvgIpc) is 2.63. The van der Waals surface area contributed by atoms with Crippen molar-refractivity contribution in [1.82, 2.24) is 0 Å². The van der Waals surface area contributed by atoms with Crippen LogP contribution in [-0.2, 0) is 5.41 Å². The van der Waals surface area contributed by atoms with Gasteiger partial charge < -0.3 is 0 Å². The van der Waals surface area contributed by atoms with Crippen molar-refractivity contribution in [3.63, 3.8) is 0 Å². The normalized spacial score (nSPS) is 23.9. The minimum atomic E-state index is -7.29. The van der Waals surface area contributed by atoms with Crippen LogP contribution < -0.4 is 0 Å². The highest BCUT2D eigenvalue weighted by Gasteiger charge is 2.79. The van der Waals surface area contributed by atoms with Gasteiger partial charge in [-0.2, -0.15) is 22.0 Å². The number of halogens is 15. The van der Waals surface area contributed by atoms with Crippen molar-refractivity contribution in [2.45, 2.75) is 23.7 Å². The topological polar surface area (TPSA) is 0 Å². The van der Waals surface area contributed by atoms with E-state index >= 15 is 0 Å². The Balaban J connectivity index is 3.24. The van der Waals surface area contributed by atoms with Crippen LogP contribution in [-0.4, -0.2) is 18.3 Å². The number of alkyl halides is 6. The molecule has 0 heterocycles. The summed E-state index contributed by atoms with van der Waals surface area (Å²) in [6, 6.07) is 0. The maximum absolute atomic E-state index is 14.2. The van der Waals surface area contributed by atoms with Crippen molar-refractivity contribution < 1.29 is 65.9 Å². The number of hydrogen-bond acceptors (Lipinski definition) is 0. The van der Waals surface area contributed by atoms with E-state index in [1.165, 1.54) is 0 Å². The minimum Gasteiger partial charge on any atom is -0.238 e. The first-order valence-corrected chi connectivity index (χ1v) is 6.69. The molecule has 162 valence electrons. The predicted octanol–water partition coefficient (Wildman–Crippen LogP) is 6.47. The summed E-state index contributed by atoms with van der Waals surface area (Å²) < 4.78 is 203. The van der Waals surface area contributed by atoms with Crippen molar-refractivity contribution in [1.29, 1.82) is 0 Å². The summed E-state index contributed by atoms with van der Waals surface area (Å²) in [5, 5.41) is 0. The smallest absolute Gasteiger partial charge is 0.238 e. The van der Waals surface area contributed by atoms with Crippen LogP contribution in [0.3, 0.4) is 0 Å². The van der Waals surface area contributed by atoms with Crippen LogP contribution in [0.1, 0.15) is 5.56 Å². The second-order valence-corrected chi connectivity index (χ2v) is 5.48. The first-order valence-electron chi connectivity index (χ1n) is 6.69. The minimum absolute atomic E-state index is 3.16. The van der Waals surface area contributed by atoms with E-state index < -0.39 is 81.6 Å². The molecule has 15 heteroatoms. The third-order valence-corrected chi connectivity index (χ3v) is 4.00. The molecule has 2 unspecified atom stereocenters. The van der Waals surface area contributed by atoms with E-state index in [4.69, 9.17) is 0 Å². The summed E-state index contributed by atoms with van der Waals surface area (Å²) in [6.07, 6.45) is -12.4. The van der Waals surface area contributed by atoms with Crippen molar-refractivity contribution >= 4 is 0 Å². The lowest BCUT2D eigenvalue weighted by Crippen LogP contribution is -2.62. The Morgan fingerprint density at radius 2 is 0.966 bits per heavy atom. The summed E-state index contributed by atoms with van der Waals surface area (Å²) in [7, 11) is 0. The van der Waals surface area contributed by atoms with E-state index in [-0.39, 0.29) is 0 Å². The van der Waals surface area contributed by atoms with Crippen molar-refractivity contribution in [2.75, 3.05) is 0 Å². The van der Waals surface area contributed by atoms with Crippen LogP contribution in [0, 0.1) is 29.1 Å². The molecule has 1 aromatic carbocycles. The summed E-state index contributed by atoms with van der Waals surface area (Å²) in [4.78, 5) is 0. The van der Waals surface area contributed by atoms with E-state index in [1.807, 2.05) is 0 Å². The molecule has 2 atom stereocenters. The molecule has 2 rings (SSSR count). The van der Waals surface area contributed by atoms with Crippen molar-refractivity contribution in [3.05, 3.63) is 58.0 Å². The fourth-order valence-electron chi connectivity index (χ4n) is 2.65. The van der Waals surface area contributed by atoms with Gasteiger partial charge in [0, 0.05) is 0 Å². The van der Waals surface area contributed by atoms with Crippen LogP contribution in [0.25, 0.3) is 0 Å². The van der Waals surface area contributed by atoms with Crippen LogP contribution in [0.4, 0.5) is 65.9 Å². The Hall–Kier alpha value is -2.35. The Morgan fingerprint density at radius 3 is 1.34 bits per heavy atom. The standard InChI is InChI=1S/C14HF15/c15-2-1(3(16)5(18)6(19)4(2)17)12(13(25,26)14(27,28)29)10(23)8(21)7(20)9(22)11(12)24/h10H. The van der Waals surface area contributed by atoms with Gasteiger partial charge in [0.2, 0.25) is 5.82 Å². The van der Waals surface area contributed by atoms with E-state index in [0.29, 0.717) is 0 Å². The number of allylic oxidation sites excluding steroid dienone is 4. The highest BCUT2D eigenvalue weighted by atomic mass is 19.4. The molecule has 0 radical (unpaired) electrons. The summed E-state index contributed by atoms with van der Waals surface area (Å²) in [6.45, 7) is 0. The largest absolute Gasteiger partial charge is 0.454 e. The fraction of sp³-hybridized carbons (Fsp3) is 0.286. The van der Waals surface area contributed by atoms with Crippen molar-refractivity contribution in [3.8, 4) is 0 Å². The molecule has 0 spiro atoms. The SMILES string of the molecule is FC1=C(F)C(F)C(c2c(F)c(F)c(F)c(F)c2F)(C(F)(F)C(F)(F)F)C(F)=C1F. The monoisotopic (exact) mass is 454 g/mol. The van der Waals surface area contributed by atoms with Gasteiger partial charge in [0.05, 0.1) is 5.56 Å². The average molecular weight is 454 g/mol. The Morgan fingerprint density at radius 1 is 0.586 bits per heavy atom. The molecule has 0 N–H and O–H groups in total. The highest BCUT2D eigenvalue weighted by molar-refractivity contribution is 5.52. The molecular formula is C14HF15. The zero-order chi connectivity index (χ0) is 22.9. The first kappa shape index (κ1) is 22.9. The lowest BCUT2D eigenvalue weighted by Gasteiger charge is -2.43. The summed E-state index contributed by atoms with van der Waals surface area (Å²) in [5.74, 6) is -38.7. The molecule has 0 saturated heterocycles. The van der Waals surface area contributed by atoms with Crippen molar-refractivity contribution in [2.24, 2.45) is 0 Å². The van der Waals surface area contributed by atoms with Gasteiger partial charge >= 0.3 is 12.1 Å². The van der Waals surface area contributed by atoms with E-state index in [2.05, 4.69) is 0 Å². The van der Waals surface area contributed by atoms with E-state index in [1.54, 1.807) is 0 Å². The number of rotatable bonds is 2. The second-order valence-electron chi connectivity index (χ2n) is 5.48. The van der Waals surface area contributed by atoms with E-state index in [0.717, 1.165) is 0 Å². The van der Waals surface area contributed by atoms with Gasteiger partial charge in [0.15, 0.2) is 58.2 Å². The Labute approximate surface area is 148 Å². The zero-order valence-electron chi connectivity index (χ0n) is 12.7. The molecule has 0 aliphatic heterocycles. The second kappa shape index (κ2) is 6.58. The summed E-state index contributed by atoms with van der Waals surface area (Å²) >= 11 is 0.